The Balaban J connectivity index is 1.29. The fourth-order valence-electron chi connectivity index (χ4n) is 4.82. The lowest BCUT2D eigenvalue weighted by Gasteiger charge is -2.06. The van der Waals surface area contributed by atoms with Crippen molar-refractivity contribution in [2.24, 2.45) is 5.92 Å². The second kappa shape index (κ2) is 8.58. The maximum atomic E-state index is 14.1. The number of rotatable bonds is 5. The zero-order valence-corrected chi connectivity index (χ0v) is 20.4. The SMILES string of the molecule is Cc1cc(F)cc(-c2cncc3[nH]c(-c4n[nH]c5cnc(-c6cncc(NC(=O)C7CC7)c6)cc45)cc23)c1. The first-order valence-electron chi connectivity index (χ1n) is 12.4. The van der Waals surface area contributed by atoms with Crippen LogP contribution in [0.4, 0.5) is 10.1 Å². The molecular weight excluding hydrogens is 481 g/mol. The number of carbonyl (C=O) groups is 1. The average Bonchev–Trinajstić information content (AvgIpc) is 3.54. The second-order valence-corrected chi connectivity index (χ2v) is 9.76. The van der Waals surface area contributed by atoms with Crippen molar-refractivity contribution in [3.05, 3.63) is 78.8 Å². The zero-order chi connectivity index (χ0) is 25.8. The van der Waals surface area contributed by atoms with Crippen molar-refractivity contribution in [3.63, 3.8) is 0 Å². The highest BCUT2D eigenvalue weighted by molar-refractivity contribution is 6.01. The van der Waals surface area contributed by atoms with Crippen LogP contribution < -0.4 is 5.32 Å². The summed E-state index contributed by atoms with van der Waals surface area (Å²) in [4.78, 5) is 28.9. The fraction of sp³-hybridized carbons (Fsp3) is 0.138. The molecule has 1 aliphatic rings. The smallest absolute Gasteiger partial charge is 0.227 e. The van der Waals surface area contributed by atoms with E-state index in [-0.39, 0.29) is 17.6 Å². The number of anilines is 1. The molecular formula is C29H22FN7O. The molecule has 0 aliphatic heterocycles. The van der Waals surface area contributed by atoms with E-state index >= 15 is 0 Å². The molecule has 38 heavy (non-hydrogen) atoms. The van der Waals surface area contributed by atoms with Gasteiger partial charge in [-0.05, 0) is 61.2 Å². The predicted molar refractivity (Wildman–Crippen MR) is 144 cm³/mol. The maximum Gasteiger partial charge on any atom is 0.227 e. The lowest BCUT2D eigenvalue weighted by Crippen LogP contribution is -2.13. The summed E-state index contributed by atoms with van der Waals surface area (Å²) >= 11 is 0. The van der Waals surface area contributed by atoms with Crippen LogP contribution in [-0.2, 0) is 4.79 Å². The number of nitrogens with one attached hydrogen (secondary N) is 3. The van der Waals surface area contributed by atoms with Gasteiger partial charge >= 0.3 is 0 Å². The number of hydrogen-bond donors (Lipinski definition) is 3. The number of halogens is 1. The Labute approximate surface area is 216 Å². The van der Waals surface area contributed by atoms with Crippen LogP contribution >= 0.6 is 0 Å². The molecule has 5 aromatic heterocycles. The number of nitrogens with zero attached hydrogens (tertiary/aromatic N) is 4. The molecule has 1 aromatic carbocycles. The number of hydrogen-bond acceptors (Lipinski definition) is 5. The van der Waals surface area contributed by atoms with E-state index in [1.807, 2.05) is 31.2 Å². The first kappa shape index (κ1) is 22.3. The number of amides is 1. The number of aryl methyl sites for hydroxylation is 1. The van der Waals surface area contributed by atoms with Crippen LogP contribution in [0.2, 0.25) is 0 Å². The topological polar surface area (TPSA) is 112 Å². The van der Waals surface area contributed by atoms with Crippen molar-refractivity contribution in [2.75, 3.05) is 5.32 Å². The molecule has 0 unspecified atom stereocenters. The molecule has 3 N–H and O–H groups in total. The Kier molecular flexibility index (Phi) is 5.04. The molecule has 1 aliphatic carbocycles. The largest absolute Gasteiger partial charge is 0.352 e. The summed E-state index contributed by atoms with van der Waals surface area (Å²) in [5.41, 5.74) is 7.74. The minimum absolute atomic E-state index is 0.0329. The molecule has 5 heterocycles. The lowest BCUT2D eigenvalue weighted by molar-refractivity contribution is -0.117. The third-order valence-electron chi connectivity index (χ3n) is 6.85. The maximum absolute atomic E-state index is 14.1. The molecule has 7 rings (SSSR count). The van der Waals surface area contributed by atoms with Gasteiger partial charge < -0.3 is 10.3 Å². The van der Waals surface area contributed by atoms with Gasteiger partial charge in [0.2, 0.25) is 5.91 Å². The number of pyridine rings is 3. The standard InChI is InChI=1S/C29H22FN7O/c1-15-4-17(6-19(30)5-15)23-12-32-13-26-21(23)8-25(35-26)28-22-9-24(33-14-27(22)36-37-28)18-7-20(11-31-10-18)34-29(38)16-2-3-16/h4-14,16,35H,2-3H2,1H3,(H,34,38)(H,36,37). The normalized spacial score (nSPS) is 13.3. The fourth-order valence-corrected chi connectivity index (χ4v) is 4.82. The lowest BCUT2D eigenvalue weighted by atomic mass is 10.0. The van der Waals surface area contributed by atoms with Crippen molar-refractivity contribution in [1.82, 2.24) is 30.1 Å². The Hall–Kier alpha value is -4.92. The van der Waals surface area contributed by atoms with Crippen LogP contribution in [-0.4, -0.2) is 36.0 Å². The van der Waals surface area contributed by atoms with Gasteiger partial charge in [0.25, 0.3) is 0 Å². The summed E-state index contributed by atoms with van der Waals surface area (Å²) < 4.78 is 14.1. The summed E-state index contributed by atoms with van der Waals surface area (Å²) in [5.74, 6) is -0.138. The average molecular weight is 504 g/mol. The van der Waals surface area contributed by atoms with Crippen LogP contribution in [0.25, 0.3) is 55.6 Å². The molecule has 9 heteroatoms. The molecule has 8 nitrogen and oxygen atoms in total. The minimum Gasteiger partial charge on any atom is -0.352 e. The molecule has 0 radical (unpaired) electrons. The van der Waals surface area contributed by atoms with Gasteiger partial charge in [0.15, 0.2) is 0 Å². The van der Waals surface area contributed by atoms with E-state index < -0.39 is 0 Å². The minimum atomic E-state index is -0.281. The van der Waals surface area contributed by atoms with E-state index in [4.69, 9.17) is 0 Å². The van der Waals surface area contributed by atoms with Gasteiger partial charge in [0.1, 0.15) is 11.5 Å². The molecule has 6 aromatic rings. The summed E-state index contributed by atoms with van der Waals surface area (Å²) in [6, 6.07) is 10.8. The zero-order valence-electron chi connectivity index (χ0n) is 20.4. The van der Waals surface area contributed by atoms with Crippen LogP contribution in [0.5, 0.6) is 0 Å². The van der Waals surface area contributed by atoms with Crippen LogP contribution in [0.1, 0.15) is 18.4 Å². The van der Waals surface area contributed by atoms with Crippen molar-refractivity contribution in [1.29, 1.82) is 0 Å². The molecule has 0 bridgehead atoms. The van der Waals surface area contributed by atoms with Gasteiger partial charge in [-0.3, -0.25) is 24.8 Å². The quantitative estimate of drug-likeness (QED) is 0.266. The van der Waals surface area contributed by atoms with E-state index in [9.17, 15) is 9.18 Å². The highest BCUT2D eigenvalue weighted by Crippen LogP contribution is 2.35. The predicted octanol–water partition coefficient (Wildman–Crippen LogP) is 6.03. The molecule has 186 valence electrons. The molecule has 0 spiro atoms. The van der Waals surface area contributed by atoms with Crippen LogP contribution in [0.3, 0.4) is 0 Å². The van der Waals surface area contributed by atoms with E-state index in [1.165, 1.54) is 12.1 Å². The van der Waals surface area contributed by atoms with E-state index in [2.05, 4.69) is 35.5 Å². The molecule has 1 fully saturated rings. The Morgan fingerprint density at radius 2 is 1.79 bits per heavy atom. The number of aromatic nitrogens is 6. The number of fused-ring (bicyclic) bond motifs is 2. The molecule has 0 atom stereocenters. The highest BCUT2D eigenvalue weighted by Gasteiger charge is 2.29. The third kappa shape index (κ3) is 3.98. The Morgan fingerprint density at radius 1 is 0.921 bits per heavy atom. The molecule has 1 saturated carbocycles. The summed E-state index contributed by atoms with van der Waals surface area (Å²) in [7, 11) is 0. The first-order chi connectivity index (χ1) is 18.5. The summed E-state index contributed by atoms with van der Waals surface area (Å²) in [6.07, 6.45) is 10.5. The van der Waals surface area contributed by atoms with Gasteiger partial charge in [-0.15, -0.1) is 0 Å². The summed E-state index contributed by atoms with van der Waals surface area (Å²) in [5, 5.41) is 12.4. The molecule has 0 saturated heterocycles. The van der Waals surface area contributed by atoms with Crippen molar-refractivity contribution >= 4 is 33.4 Å². The van der Waals surface area contributed by atoms with Crippen LogP contribution in [0, 0.1) is 18.7 Å². The van der Waals surface area contributed by atoms with E-state index in [1.54, 1.807) is 31.0 Å². The first-order valence-corrected chi connectivity index (χ1v) is 12.4. The molecule has 1 amide bonds. The summed E-state index contributed by atoms with van der Waals surface area (Å²) in [6.45, 7) is 1.87. The van der Waals surface area contributed by atoms with Gasteiger partial charge in [-0.25, -0.2) is 4.39 Å². The van der Waals surface area contributed by atoms with Crippen molar-refractivity contribution in [3.8, 4) is 33.8 Å². The third-order valence-corrected chi connectivity index (χ3v) is 6.85. The van der Waals surface area contributed by atoms with Crippen molar-refractivity contribution < 1.29 is 9.18 Å². The van der Waals surface area contributed by atoms with Gasteiger partial charge in [-0.2, -0.15) is 5.10 Å². The Bertz CT molecular complexity index is 1850. The van der Waals surface area contributed by atoms with Gasteiger partial charge in [0.05, 0.1) is 46.7 Å². The number of benzene rings is 1. The van der Waals surface area contributed by atoms with Crippen LogP contribution in [0.15, 0.2) is 67.4 Å². The van der Waals surface area contributed by atoms with Crippen molar-refractivity contribution in [2.45, 2.75) is 19.8 Å². The number of carbonyl (C=O) groups excluding carboxylic acids is 1. The number of H-pyrrole nitrogens is 2. The van der Waals surface area contributed by atoms with Gasteiger partial charge in [-0.1, -0.05) is 6.07 Å². The highest BCUT2D eigenvalue weighted by atomic mass is 19.1. The Morgan fingerprint density at radius 3 is 2.63 bits per heavy atom. The number of aromatic amines is 2. The monoisotopic (exact) mass is 503 g/mol. The second-order valence-electron chi connectivity index (χ2n) is 9.76. The van der Waals surface area contributed by atoms with E-state index in [0.717, 1.165) is 68.3 Å². The van der Waals surface area contributed by atoms with E-state index in [0.29, 0.717) is 11.4 Å². The van der Waals surface area contributed by atoms with Gasteiger partial charge in [0, 0.05) is 40.2 Å².